The fraction of sp³-hybridized carbons (Fsp3) is 0.286. The maximum Gasteiger partial charge on any atom is 0.369 e. The normalized spacial score (nSPS) is 16.2. The number of carbonyl (C=O) groups is 3. The fourth-order valence-corrected chi connectivity index (χ4v) is 0.889. The average molecular weight is 295 g/mol. The van der Waals surface area contributed by atoms with Gasteiger partial charge in [0.2, 0.25) is 0 Å². The third-order valence-electron chi connectivity index (χ3n) is 1.40. The molecular formula is C7H6INO4. The molecule has 0 aromatic rings. The summed E-state index contributed by atoms with van der Waals surface area (Å²) in [5, 5.41) is 0.492. The standard InChI is InChI=1S/C7H6INO4/c1-4(8)7(12)13-9-5(10)2-3-6(9)11/h1-3H2. The van der Waals surface area contributed by atoms with Crippen molar-refractivity contribution in [3.8, 4) is 0 Å². The van der Waals surface area contributed by atoms with Crippen LogP contribution < -0.4 is 0 Å². The molecule has 0 atom stereocenters. The fourth-order valence-electron chi connectivity index (χ4n) is 0.790. The second-order valence-corrected chi connectivity index (χ2v) is 3.67. The minimum Gasteiger partial charge on any atom is -0.324 e. The maximum absolute atomic E-state index is 10.9. The Kier molecular flexibility index (Phi) is 3.02. The van der Waals surface area contributed by atoms with Crippen molar-refractivity contribution in [3.05, 3.63) is 10.2 Å². The van der Waals surface area contributed by atoms with Gasteiger partial charge in [0.25, 0.3) is 11.8 Å². The Hall–Kier alpha value is -0.920. The van der Waals surface area contributed by atoms with Gasteiger partial charge >= 0.3 is 5.97 Å². The van der Waals surface area contributed by atoms with Crippen LogP contribution in [0.1, 0.15) is 12.8 Å². The molecule has 0 aromatic carbocycles. The number of nitrogens with zero attached hydrogens (tertiary/aromatic N) is 1. The zero-order valence-corrected chi connectivity index (χ0v) is 8.74. The van der Waals surface area contributed by atoms with E-state index in [0.29, 0.717) is 5.06 Å². The Labute approximate surface area is 87.8 Å². The van der Waals surface area contributed by atoms with Gasteiger partial charge in [0, 0.05) is 12.8 Å². The van der Waals surface area contributed by atoms with Gasteiger partial charge in [-0.15, -0.1) is 5.06 Å². The van der Waals surface area contributed by atoms with Crippen LogP contribution in [0.4, 0.5) is 0 Å². The molecule has 1 fully saturated rings. The summed E-state index contributed by atoms with van der Waals surface area (Å²) in [5.41, 5.74) is 0. The topological polar surface area (TPSA) is 63.7 Å². The van der Waals surface area contributed by atoms with Crippen LogP contribution in [0.3, 0.4) is 0 Å². The van der Waals surface area contributed by atoms with E-state index >= 15 is 0 Å². The van der Waals surface area contributed by atoms with Gasteiger partial charge in [-0.25, -0.2) is 4.79 Å². The Morgan fingerprint density at radius 3 is 2.23 bits per heavy atom. The minimum absolute atomic E-state index is 0.0971. The summed E-state index contributed by atoms with van der Waals surface area (Å²) in [6, 6.07) is 0. The van der Waals surface area contributed by atoms with E-state index in [1.54, 1.807) is 22.6 Å². The highest BCUT2D eigenvalue weighted by Gasteiger charge is 2.32. The highest BCUT2D eigenvalue weighted by Crippen LogP contribution is 2.14. The molecular weight excluding hydrogens is 289 g/mol. The van der Waals surface area contributed by atoms with Crippen molar-refractivity contribution in [3.63, 3.8) is 0 Å². The van der Waals surface area contributed by atoms with E-state index in [0.717, 1.165) is 0 Å². The number of halogens is 1. The predicted octanol–water partition coefficient (Wildman–Crippen LogP) is 0.542. The SMILES string of the molecule is C=C(I)C(=O)ON1C(=O)CCC1=O. The molecule has 5 nitrogen and oxygen atoms in total. The first-order valence-corrected chi connectivity index (χ1v) is 4.52. The summed E-state index contributed by atoms with van der Waals surface area (Å²) in [4.78, 5) is 37.3. The van der Waals surface area contributed by atoms with Crippen LogP contribution in [0.25, 0.3) is 0 Å². The maximum atomic E-state index is 10.9. The van der Waals surface area contributed by atoms with Gasteiger partial charge in [-0.05, 0) is 22.6 Å². The molecule has 6 heteroatoms. The Bertz CT molecular complexity index is 283. The molecule has 1 rings (SSSR count). The molecule has 0 saturated carbocycles. The van der Waals surface area contributed by atoms with Gasteiger partial charge in [-0.3, -0.25) is 9.59 Å². The smallest absolute Gasteiger partial charge is 0.324 e. The van der Waals surface area contributed by atoms with Crippen LogP contribution in [0.5, 0.6) is 0 Å². The van der Waals surface area contributed by atoms with Crippen molar-refractivity contribution in [2.24, 2.45) is 0 Å². The van der Waals surface area contributed by atoms with Crippen LogP contribution >= 0.6 is 22.6 Å². The second-order valence-electron chi connectivity index (χ2n) is 2.37. The van der Waals surface area contributed by atoms with Gasteiger partial charge in [-0.2, -0.15) is 0 Å². The molecule has 0 aromatic heterocycles. The molecule has 1 saturated heterocycles. The molecule has 2 amide bonds. The first-order valence-electron chi connectivity index (χ1n) is 3.45. The Morgan fingerprint density at radius 1 is 1.38 bits per heavy atom. The van der Waals surface area contributed by atoms with E-state index in [1.165, 1.54) is 0 Å². The number of hydrogen-bond acceptors (Lipinski definition) is 4. The summed E-state index contributed by atoms with van der Waals surface area (Å²) >= 11 is 1.65. The summed E-state index contributed by atoms with van der Waals surface area (Å²) in [7, 11) is 0. The first-order chi connectivity index (χ1) is 6.02. The molecule has 0 bridgehead atoms. The van der Waals surface area contributed by atoms with E-state index in [-0.39, 0.29) is 16.4 Å². The number of hydroxylamine groups is 2. The monoisotopic (exact) mass is 295 g/mol. The lowest BCUT2D eigenvalue weighted by Crippen LogP contribution is -2.31. The number of rotatable bonds is 2. The molecule has 1 aliphatic rings. The van der Waals surface area contributed by atoms with E-state index < -0.39 is 17.8 Å². The minimum atomic E-state index is -0.774. The van der Waals surface area contributed by atoms with Gasteiger partial charge in [0.15, 0.2) is 0 Å². The van der Waals surface area contributed by atoms with Gasteiger partial charge in [0.05, 0.1) is 3.58 Å². The van der Waals surface area contributed by atoms with Crippen molar-refractivity contribution in [1.82, 2.24) is 5.06 Å². The van der Waals surface area contributed by atoms with Crippen molar-refractivity contribution < 1.29 is 19.2 Å². The van der Waals surface area contributed by atoms with Crippen molar-refractivity contribution in [2.45, 2.75) is 12.8 Å². The Balaban J connectivity index is 2.63. The summed E-state index contributed by atoms with van der Waals surface area (Å²) in [5.74, 6) is -1.75. The number of amides is 2. The lowest BCUT2D eigenvalue weighted by molar-refractivity contribution is -0.193. The third-order valence-corrected chi connectivity index (χ3v) is 1.84. The first kappa shape index (κ1) is 10.2. The van der Waals surface area contributed by atoms with Crippen LogP contribution in [0.2, 0.25) is 0 Å². The van der Waals surface area contributed by atoms with Crippen molar-refractivity contribution >= 4 is 40.4 Å². The number of imide groups is 1. The molecule has 0 aliphatic carbocycles. The zero-order chi connectivity index (χ0) is 10.0. The van der Waals surface area contributed by atoms with Gasteiger partial charge in [0.1, 0.15) is 0 Å². The highest BCUT2D eigenvalue weighted by molar-refractivity contribution is 14.1. The summed E-state index contributed by atoms with van der Waals surface area (Å²) < 4.78 is 0.116. The van der Waals surface area contributed by atoms with E-state index in [2.05, 4.69) is 11.4 Å². The molecule has 0 N–H and O–H groups in total. The molecule has 1 aliphatic heterocycles. The summed E-state index contributed by atoms with van der Waals surface area (Å²) in [6.07, 6.45) is 0.194. The highest BCUT2D eigenvalue weighted by atomic mass is 127. The zero-order valence-electron chi connectivity index (χ0n) is 6.58. The van der Waals surface area contributed by atoms with Gasteiger partial charge in [-0.1, -0.05) is 6.58 Å². The number of hydrogen-bond donors (Lipinski definition) is 0. The third kappa shape index (κ3) is 2.27. The van der Waals surface area contributed by atoms with Crippen molar-refractivity contribution in [2.75, 3.05) is 0 Å². The number of carbonyl (C=O) groups excluding carboxylic acids is 3. The quantitative estimate of drug-likeness (QED) is 0.424. The predicted molar refractivity (Wildman–Crippen MR) is 50.3 cm³/mol. The molecule has 1 heterocycles. The molecule has 13 heavy (non-hydrogen) atoms. The van der Waals surface area contributed by atoms with Crippen LogP contribution in [-0.4, -0.2) is 22.8 Å². The van der Waals surface area contributed by atoms with Crippen molar-refractivity contribution in [1.29, 1.82) is 0 Å². The van der Waals surface area contributed by atoms with E-state index in [9.17, 15) is 14.4 Å². The van der Waals surface area contributed by atoms with Gasteiger partial charge < -0.3 is 4.84 Å². The molecule has 0 spiro atoms. The summed E-state index contributed by atoms with van der Waals surface area (Å²) in [6.45, 7) is 3.31. The lowest BCUT2D eigenvalue weighted by Gasteiger charge is -2.11. The Morgan fingerprint density at radius 2 is 1.85 bits per heavy atom. The van der Waals surface area contributed by atoms with E-state index in [1.807, 2.05) is 0 Å². The lowest BCUT2D eigenvalue weighted by atomic mass is 10.4. The largest absolute Gasteiger partial charge is 0.369 e. The van der Waals surface area contributed by atoms with Crippen LogP contribution in [0, 0.1) is 0 Å². The van der Waals surface area contributed by atoms with Crippen LogP contribution in [-0.2, 0) is 19.2 Å². The van der Waals surface area contributed by atoms with E-state index in [4.69, 9.17) is 0 Å². The molecule has 70 valence electrons. The molecule has 0 unspecified atom stereocenters. The molecule has 0 radical (unpaired) electrons. The average Bonchev–Trinajstić information content (AvgIpc) is 2.35. The van der Waals surface area contributed by atoms with Crippen LogP contribution in [0.15, 0.2) is 10.2 Å². The second kappa shape index (κ2) is 3.86.